The van der Waals surface area contributed by atoms with Gasteiger partial charge in [-0.2, -0.15) is 0 Å². The molecule has 1 aliphatic rings. The molecule has 1 aromatic heterocycles. The Morgan fingerprint density at radius 1 is 1.13 bits per heavy atom. The summed E-state index contributed by atoms with van der Waals surface area (Å²) in [4.78, 5) is 4.11. The molecule has 4 nitrogen and oxygen atoms in total. The highest BCUT2D eigenvalue weighted by atomic mass is 79.9. The molecule has 0 unspecified atom stereocenters. The Hall–Kier alpha value is -1.23. The van der Waals surface area contributed by atoms with Gasteiger partial charge < -0.3 is 4.74 Å². The third kappa shape index (κ3) is 7.25. The summed E-state index contributed by atoms with van der Waals surface area (Å²) in [5.74, 6) is 0.539. The molecule has 1 aliphatic carbocycles. The standard InChI is InChI=1S/C13H16BrN3O.C5H12/c1-13(2,9-5-10(14)7-17-6-9)12(16)18-11(15)8-3-4-8;1-5(2,3)4/h5-8,15-16H,3-4H2,1-2H3;1-4H3. The molecule has 0 amide bonds. The van der Waals surface area contributed by atoms with Crippen molar-refractivity contribution in [1.82, 2.24) is 4.98 Å². The number of hydrogen-bond acceptors (Lipinski definition) is 4. The summed E-state index contributed by atoms with van der Waals surface area (Å²) in [6, 6.07) is 1.92. The number of nitrogens with zero attached hydrogens (tertiary/aromatic N) is 1. The fraction of sp³-hybridized carbons (Fsp3) is 0.611. The first kappa shape index (κ1) is 19.8. The van der Waals surface area contributed by atoms with E-state index < -0.39 is 5.41 Å². The molecule has 0 bridgehead atoms. The van der Waals surface area contributed by atoms with Crippen molar-refractivity contribution in [2.75, 3.05) is 0 Å². The molecular weight excluding hydrogens is 354 g/mol. The SMILES string of the molecule is CC(C)(C(=N)OC(=N)C1CC1)c1cncc(Br)c1.CC(C)(C)C. The van der Waals surface area contributed by atoms with Crippen LogP contribution in [0.25, 0.3) is 0 Å². The van der Waals surface area contributed by atoms with Crippen LogP contribution in [0.5, 0.6) is 0 Å². The van der Waals surface area contributed by atoms with Gasteiger partial charge in [0.1, 0.15) is 0 Å². The lowest BCUT2D eigenvalue weighted by Crippen LogP contribution is -2.32. The Labute approximate surface area is 148 Å². The number of rotatable bonds is 3. The maximum Gasteiger partial charge on any atom is 0.199 e. The van der Waals surface area contributed by atoms with Crippen LogP contribution in [0.15, 0.2) is 22.9 Å². The van der Waals surface area contributed by atoms with E-state index in [1.807, 2.05) is 19.9 Å². The van der Waals surface area contributed by atoms with Crippen LogP contribution in [0.4, 0.5) is 0 Å². The van der Waals surface area contributed by atoms with Crippen molar-refractivity contribution < 1.29 is 4.74 Å². The molecule has 23 heavy (non-hydrogen) atoms. The minimum Gasteiger partial charge on any atom is -0.429 e. The first-order chi connectivity index (χ1) is 10.4. The molecule has 0 aromatic carbocycles. The Balaban J connectivity index is 0.000000463. The summed E-state index contributed by atoms with van der Waals surface area (Å²) in [7, 11) is 0. The molecule has 128 valence electrons. The average Bonchev–Trinajstić information content (AvgIpc) is 3.20. The molecule has 5 heteroatoms. The van der Waals surface area contributed by atoms with Gasteiger partial charge in [-0.25, -0.2) is 0 Å². The lowest BCUT2D eigenvalue weighted by molar-refractivity contribution is 0.446. The summed E-state index contributed by atoms with van der Waals surface area (Å²) >= 11 is 3.37. The van der Waals surface area contributed by atoms with Crippen molar-refractivity contribution in [3.8, 4) is 0 Å². The number of halogens is 1. The van der Waals surface area contributed by atoms with E-state index in [-0.39, 0.29) is 17.7 Å². The maximum absolute atomic E-state index is 8.04. The minimum absolute atomic E-state index is 0.0966. The zero-order chi connectivity index (χ0) is 17.8. The van der Waals surface area contributed by atoms with Gasteiger partial charge in [-0.1, -0.05) is 27.7 Å². The van der Waals surface area contributed by atoms with Gasteiger partial charge in [0.25, 0.3) is 0 Å². The molecule has 1 heterocycles. The van der Waals surface area contributed by atoms with Gasteiger partial charge in [0.15, 0.2) is 11.8 Å². The maximum atomic E-state index is 8.04. The average molecular weight is 382 g/mol. The van der Waals surface area contributed by atoms with Crippen LogP contribution in [0, 0.1) is 22.2 Å². The van der Waals surface area contributed by atoms with Gasteiger partial charge in [-0.3, -0.25) is 15.8 Å². The van der Waals surface area contributed by atoms with E-state index in [0.29, 0.717) is 5.41 Å². The Bertz CT molecular complexity index is 566. The van der Waals surface area contributed by atoms with Crippen molar-refractivity contribution in [3.05, 3.63) is 28.5 Å². The number of pyridine rings is 1. The smallest absolute Gasteiger partial charge is 0.199 e. The summed E-state index contributed by atoms with van der Waals surface area (Å²) in [6.07, 6.45) is 5.44. The van der Waals surface area contributed by atoms with Crippen LogP contribution < -0.4 is 0 Å². The molecule has 2 N–H and O–H groups in total. The third-order valence-corrected chi connectivity index (χ3v) is 3.59. The molecule has 0 saturated heterocycles. The number of nitrogens with one attached hydrogen (secondary N) is 2. The molecule has 1 fully saturated rings. The largest absolute Gasteiger partial charge is 0.429 e. The second-order valence-corrected chi connectivity index (χ2v) is 9.00. The summed E-state index contributed by atoms with van der Waals surface area (Å²) in [5, 5.41) is 15.8. The van der Waals surface area contributed by atoms with E-state index >= 15 is 0 Å². The summed E-state index contributed by atoms with van der Waals surface area (Å²) in [6.45, 7) is 12.6. The van der Waals surface area contributed by atoms with E-state index in [1.165, 1.54) is 0 Å². The molecule has 0 atom stereocenters. The quantitative estimate of drug-likeness (QED) is 0.531. The van der Waals surface area contributed by atoms with E-state index in [4.69, 9.17) is 15.6 Å². The number of ether oxygens (including phenoxy) is 1. The van der Waals surface area contributed by atoms with Gasteiger partial charge in [0, 0.05) is 22.8 Å². The Morgan fingerprint density at radius 3 is 2.09 bits per heavy atom. The fourth-order valence-electron chi connectivity index (χ4n) is 1.55. The van der Waals surface area contributed by atoms with E-state index in [0.717, 1.165) is 22.9 Å². The fourth-order valence-corrected chi connectivity index (χ4v) is 1.92. The van der Waals surface area contributed by atoms with Gasteiger partial charge in [-0.15, -0.1) is 0 Å². The molecule has 0 aliphatic heterocycles. The Morgan fingerprint density at radius 2 is 1.65 bits per heavy atom. The highest BCUT2D eigenvalue weighted by Gasteiger charge is 2.34. The van der Waals surface area contributed by atoms with Crippen molar-refractivity contribution in [2.45, 2.75) is 59.8 Å². The highest BCUT2D eigenvalue weighted by Crippen LogP contribution is 2.32. The zero-order valence-electron chi connectivity index (χ0n) is 15.0. The summed E-state index contributed by atoms with van der Waals surface area (Å²) < 4.78 is 6.23. The van der Waals surface area contributed by atoms with Crippen molar-refractivity contribution in [2.24, 2.45) is 11.3 Å². The topological polar surface area (TPSA) is 69.8 Å². The highest BCUT2D eigenvalue weighted by molar-refractivity contribution is 9.10. The lowest BCUT2D eigenvalue weighted by Gasteiger charge is -2.25. The van der Waals surface area contributed by atoms with Crippen molar-refractivity contribution >= 4 is 27.7 Å². The zero-order valence-corrected chi connectivity index (χ0v) is 16.5. The molecular formula is C18H28BrN3O. The van der Waals surface area contributed by atoms with E-state index in [9.17, 15) is 0 Å². The van der Waals surface area contributed by atoms with Gasteiger partial charge >= 0.3 is 0 Å². The van der Waals surface area contributed by atoms with Crippen LogP contribution in [0.1, 0.15) is 59.9 Å². The first-order valence-electron chi connectivity index (χ1n) is 7.87. The monoisotopic (exact) mass is 381 g/mol. The van der Waals surface area contributed by atoms with Crippen molar-refractivity contribution in [3.63, 3.8) is 0 Å². The molecule has 1 aromatic rings. The summed E-state index contributed by atoms with van der Waals surface area (Å²) in [5.41, 5.74) is 0.809. The van der Waals surface area contributed by atoms with Crippen LogP contribution in [0.2, 0.25) is 0 Å². The first-order valence-corrected chi connectivity index (χ1v) is 8.67. The Kier molecular flexibility index (Phi) is 6.51. The number of hydrogen-bond donors (Lipinski definition) is 2. The molecule has 0 spiro atoms. The van der Waals surface area contributed by atoms with Crippen LogP contribution in [-0.4, -0.2) is 16.8 Å². The second kappa shape index (κ2) is 7.56. The lowest BCUT2D eigenvalue weighted by atomic mass is 9.85. The minimum atomic E-state index is -0.585. The molecule has 2 rings (SSSR count). The van der Waals surface area contributed by atoms with Gasteiger partial charge in [0.05, 0.1) is 5.41 Å². The van der Waals surface area contributed by atoms with Crippen LogP contribution >= 0.6 is 15.9 Å². The number of aromatic nitrogens is 1. The molecule has 0 radical (unpaired) electrons. The predicted octanol–water partition coefficient (Wildman–Crippen LogP) is 5.56. The normalized spacial score (nSPS) is 14.6. The van der Waals surface area contributed by atoms with Crippen LogP contribution in [0.3, 0.4) is 0 Å². The van der Waals surface area contributed by atoms with Gasteiger partial charge in [0.2, 0.25) is 0 Å². The van der Waals surface area contributed by atoms with Crippen molar-refractivity contribution in [1.29, 1.82) is 10.8 Å². The van der Waals surface area contributed by atoms with E-state index in [2.05, 4.69) is 48.6 Å². The second-order valence-electron chi connectivity index (χ2n) is 8.09. The van der Waals surface area contributed by atoms with Gasteiger partial charge in [-0.05, 0) is 59.7 Å². The van der Waals surface area contributed by atoms with E-state index in [1.54, 1.807) is 12.4 Å². The van der Waals surface area contributed by atoms with Crippen LogP contribution in [-0.2, 0) is 10.2 Å². The molecule has 1 saturated carbocycles. The predicted molar refractivity (Wildman–Crippen MR) is 99.4 cm³/mol. The third-order valence-electron chi connectivity index (χ3n) is 3.15.